The molecule has 1 aliphatic carbocycles. The molecule has 0 saturated heterocycles. The first-order valence-corrected chi connectivity index (χ1v) is 7.34. The van der Waals surface area contributed by atoms with Gasteiger partial charge >= 0.3 is 6.09 Å². The van der Waals surface area contributed by atoms with E-state index in [9.17, 15) is 4.79 Å². The van der Waals surface area contributed by atoms with Crippen LogP contribution in [0.1, 0.15) is 66.2 Å². The number of hydrogen-bond acceptors (Lipinski definition) is 3. The van der Waals surface area contributed by atoms with Crippen molar-refractivity contribution in [1.82, 2.24) is 5.32 Å². The second kappa shape index (κ2) is 6.60. The minimum absolute atomic E-state index is 0.105. The highest BCUT2D eigenvalue weighted by Crippen LogP contribution is 2.33. The summed E-state index contributed by atoms with van der Waals surface area (Å²) in [6.07, 6.45) is 6.06. The van der Waals surface area contributed by atoms with E-state index in [2.05, 4.69) is 12.2 Å². The van der Waals surface area contributed by atoms with Crippen molar-refractivity contribution in [2.45, 2.75) is 83.5 Å². The number of nitrogens with one attached hydrogen (secondary N) is 1. The smallest absolute Gasteiger partial charge is 0.408 e. The van der Waals surface area contributed by atoms with Crippen molar-refractivity contribution in [2.24, 2.45) is 0 Å². The Hall–Kier alpha value is -0.770. The van der Waals surface area contributed by atoms with E-state index in [0.717, 1.165) is 38.5 Å². The van der Waals surface area contributed by atoms with Crippen LogP contribution in [0.5, 0.6) is 0 Å². The van der Waals surface area contributed by atoms with Gasteiger partial charge in [0.1, 0.15) is 5.60 Å². The Labute approximate surface area is 117 Å². The number of methoxy groups -OCH3 is 1. The summed E-state index contributed by atoms with van der Waals surface area (Å²) in [6.45, 7) is 7.82. The second-order valence-electron chi connectivity index (χ2n) is 6.59. The molecule has 0 aromatic rings. The summed E-state index contributed by atoms with van der Waals surface area (Å²) in [5.41, 5.74) is -0.548. The van der Waals surface area contributed by atoms with Gasteiger partial charge in [0.25, 0.3) is 0 Å². The average molecular weight is 271 g/mol. The Bertz CT molecular complexity index is 288. The van der Waals surface area contributed by atoms with Crippen LogP contribution >= 0.6 is 0 Å². The van der Waals surface area contributed by atoms with Crippen LogP contribution in [-0.2, 0) is 9.47 Å². The molecule has 1 rings (SSSR count). The lowest BCUT2D eigenvalue weighted by atomic mass is 9.77. The maximum absolute atomic E-state index is 12.0. The molecule has 0 radical (unpaired) electrons. The predicted molar refractivity (Wildman–Crippen MR) is 76.3 cm³/mol. The molecule has 0 bridgehead atoms. The van der Waals surface area contributed by atoms with Crippen LogP contribution in [0.2, 0.25) is 0 Å². The fraction of sp³-hybridized carbons (Fsp3) is 0.933. The van der Waals surface area contributed by atoms with Gasteiger partial charge in [-0.3, -0.25) is 0 Å². The van der Waals surface area contributed by atoms with Crippen molar-refractivity contribution in [3.05, 3.63) is 0 Å². The van der Waals surface area contributed by atoms with Gasteiger partial charge < -0.3 is 14.8 Å². The number of carbonyl (C=O) groups is 1. The number of ether oxygens (including phenoxy) is 2. The van der Waals surface area contributed by atoms with E-state index in [-0.39, 0.29) is 11.6 Å². The van der Waals surface area contributed by atoms with Crippen LogP contribution in [0.4, 0.5) is 4.79 Å². The zero-order valence-corrected chi connectivity index (χ0v) is 13.0. The third-order valence-electron chi connectivity index (χ3n) is 3.72. The molecule has 0 aromatic carbocycles. The van der Waals surface area contributed by atoms with Gasteiger partial charge in [-0.1, -0.05) is 13.3 Å². The maximum atomic E-state index is 12.0. The Morgan fingerprint density at radius 3 is 2.32 bits per heavy atom. The summed E-state index contributed by atoms with van der Waals surface area (Å²) in [6, 6.07) is 0. The topological polar surface area (TPSA) is 47.6 Å². The zero-order chi connectivity index (χ0) is 14.5. The van der Waals surface area contributed by atoms with Crippen molar-refractivity contribution in [1.29, 1.82) is 0 Å². The highest BCUT2D eigenvalue weighted by Gasteiger charge is 2.37. The van der Waals surface area contributed by atoms with Crippen LogP contribution in [0.3, 0.4) is 0 Å². The SMILES string of the molecule is CCCC1(NC(=O)OC(C)(C)C)CCC(OC)CC1. The van der Waals surface area contributed by atoms with Gasteiger partial charge in [-0.05, 0) is 52.9 Å². The van der Waals surface area contributed by atoms with Gasteiger partial charge in [-0.15, -0.1) is 0 Å². The number of amides is 1. The maximum Gasteiger partial charge on any atom is 0.408 e. The van der Waals surface area contributed by atoms with Gasteiger partial charge in [-0.2, -0.15) is 0 Å². The molecular formula is C15H29NO3. The van der Waals surface area contributed by atoms with Crippen molar-refractivity contribution in [3.8, 4) is 0 Å². The summed E-state index contributed by atoms with van der Waals surface area (Å²) in [5, 5.41) is 3.12. The molecule has 1 N–H and O–H groups in total. The molecule has 1 amide bonds. The minimum atomic E-state index is -0.443. The lowest BCUT2D eigenvalue weighted by molar-refractivity contribution is 0.0208. The first-order valence-electron chi connectivity index (χ1n) is 7.34. The molecule has 1 saturated carbocycles. The molecule has 0 atom stereocenters. The zero-order valence-electron chi connectivity index (χ0n) is 13.0. The third kappa shape index (κ3) is 5.39. The van der Waals surface area contributed by atoms with E-state index in [1.165, 1.54) is 0 Å². The summed E-state index contributed by atoms with van der Waals surface area (Å²) in [4.78, 5) is 12.0. The molecule has 1 fully saturated rings. The van der Waals surface area contributed by atoms with E-state index in [0.29, 0.717) is 6.10 Å². The fourth-order valence-electron chi connectivity index (χ4n) is 2.82. The largest absolute Gasteiger partial charge is 0.444 e. The Morgan fingerprint density at radius 1 is 1.32 bits per heavy atom. The molecule has 0 spiro atoms. The lowest BCUT2D eigenvalue weighted by Gasteiger charge is -2.40. The van der Waals surface area contributed by atoms with Gasteiger partial charge in [0.2, 0.25) is 0 Å². The molecular weight excluding hydrogens is 242 g/mol. The molecule has 0 aliphatic heterocycles. The average Bonchev–Trinajstić information content (AvgIpc) is 2.27. The molecule has 112 valence electrons. The monoisotopic (exact) mass is 271 g/mol. The van der Waals surface area contributed by atoms with E-state index >= 15 is 0 Å². The molecule has 4 heteroatoms. The first-order chi connectivity index (χ1) is 8.80. The van der Waals surface area contributed by atoms with Gasteiger partial charge in [0.05, 0.1) is 6.10 Å². The number of alkyl carbamates (subject to hydrolysis) is 1. The molecule has 19 heavy (non-hydrogen) atoms. The van der Waals surface area contributed by atoms with Crippen LogP contribution in [0, 0.1) is 0 Å². The van der Waals surface area contributed by atoms with E-state index < -0.39 is 5.60 Å². The van der Waals surface area contributed by atoms with Crippen LogP contribution in [0.15, 0.2) is 0 Å². The molecule has 0 unspecified atom stereocenters. The third-order valence-corrected chi connectivity index (χ3v) is 3.72. The van der Waals surface area contributed by atoms with E-state index in [4.69, 9.17) is 9.47 Å². The van der Waals surface area contributed by atoms with E-state index in [1.807, 2.05) is 20.8 Å². The lowest BCUT2D eigenvalue weighted by Crippen LogP contribution is -2.52. The normalized spacial score (nSPS) is 27.9. The summed E-state index contributed by atoms with van der Waals surface area (Å²) in [7, 11) is 1.76. The summed E-state index contributed by atoms with van der Waals surface area (Å²) >= 11 is 0. The summed E-state index contributed by atoms with van der Waals surface area (Å²) in [5.74, 6) is 0. The minimum Gasteiger partial charge on any atom is -0.444 e. The molecule has 1 aliphatic rings. The fourth-order valence-corrected chi connectivity index (χ4v) is 2.82. The highest BCUT2D eigenvalue weighted by atomic mass is 16.6. The van der Waals surface area contributed by atoms with E-state index in [1.54, 1.807) is 7.11 Å². The van der Waals surface area contributed by atoms with Crippen molar-refractivity contribution < 1.29 is 14.3 Å². The highest BCUT2D eigenvalue weighted by molar-refractivity contribution is 5.68. The Morgan fingerprint density at radius 2 is 1.89 bits per heavy atom. The summed E-state index contributed by atoms with van der Waals surface area (Å²) < 4.78 is 10.8. The first kappa shape index (κ1) is 16.3. The van der Waals surface area contributed by atoms with Crippen molar-refractivity contribution in [3.63, 3.8) is 0 Å². The van der Waals surface area contributed by atoms with Crippen LogP contribution in [0.25, 0.3) is 0 Å². The predicted octanol–water partition coefficient (Wildman–Crippen LogP) is 3.64. The quantitative estimate of drug-likeness (QED) is 0.849. The van der Waals surface area contributed by atoms with Gasteiger partial charge in [0, 0.05) is 12.6 Å². The number of carbonyl (C=O) groups excluding carboxylic acids is 1. The Kier molecular flexibility index (Phi) is 5.65. The van der Waals surface area contributed by atoms with Crippen LogP contribution in [-0.4, -0.2) is 30.4 Å². The molecule has 4 nitrogen and oxygen atoms in total. The van der Waals surface area contributed by atoms with Crippen molar-refractivity contribution >= 4 is 6.09 Å². The van der Waals surface area contributed by atoms with Gasteiger partial charge in [-0.25, -0.2) is 4.79 Å². The Balaban J connectivity index is 2.60. The second-order valence-corrected chi connectivity index (χ2v) is 6.59. The number of hydrogen-bond donors (Lipinski definition) is 1. The molecule has 0 aromatic heterocycles. The van der Waals surface area contributed by atoms with Gasteiger partial charge in [0.15, 0.2) is 0 Å². The van der Waals surface area contributed by atoms with Crippen molar-refractivity contribution in [2.75, 3.05) is 7.11 Å². The molecule has 0 heterocycles. The number of rotatable bonds is 4. The van der Waals surface area contributed by atoms with Crippen LogP contribution < -0.4 is 5.32 Å². The standard InChI is InChI=1S/C15H29NO3/c1-6-9-15(10-7-12(18-5)8-11-15)16-13(17)19-14(2,3)4/h12H,6-11H2,1-5H3,(H,16,17).